The van der Waals surface area contributed by atoms with Gasteiger partial charge >= 0.3 is 0 Å². The highest BCUT2D eigenvalue weighted by atomic mass is 16.2. The van der Waals surface area contributed by atoms with Gasteiger partial charge in [0.2, 0.25) is 5.91 Å². The average Bonchev–Trinajstić information content (AvgIpc) is 2.85. The molecule has 7 heteroatoms. The van der Waals surface area contributed by atoms with Gasteiger partial charge in [0.05, 0.1) is 11.3 Å². The van der Waals surface area contributed by atoms with E-state index in [1.54, 1.807) is 71.8 Å². The first-order chi connectivity index (χ1) is 15.6. The summed E-state index contributed by atoms with van der Waals surface area (Å²) in [5.74, 6) is -0.146. The summed E-state index contributed by atoms with van der Waals surface area (Å²) in [6.45, 7) is 0.945. The third-order valence-corrected chi connectivity index (χ3v) is 5.51. The van der Waals surface area contributed by atoms with Crippen molar-refractivity contribution in [2.75, 3.05) is 23.7 Å². The van der Waals surface area contributed by atoms with Crippen LogP contribution in [0.4, 0.5) is 11.5 Å². The number of nitrogens with one attached hydrogen (secondary N) is 2. The van der Waals surface area contributed by atoms with Crippen LogP contribution in [0.5, 0.6) is 0 Å². The fourth-order valence-corrected chi connectivity index (χ4v) is 3.74. The highest BCUT2D eigenvalue weighted by Crippen LogP contribution is 2.24. The van der Waals surface area contributed by atoms with Gasteiger partial charge in [0.1, 0.15) is 5.82 Å². The van der Waals surface area contributed by atoms with Gasteiger partial charge in [0.15, 0.2) is 0 Å². The first-order valence-corrected chi connectivity index (χ1v) is 10.6. The SMILES string of the molecule is O=C(Nc1ccccc1C(=O)N1CCC(C(=O)Nc2ccccn2)CC1)c1ccccc1. The van der Waals surface area contributed by atoms with Crippen LogP contribution in [0.25, 0.3) is 0 Å². The molecule has 3 amide bonds. The summed E-state index contributed by atoms with van der Waals surface area (Å²) < 4.78 is 0. The van der Waals surface area contributed by atoms with Gasteiger partial charge < -0.3 is 15.5 Å². The van der Waals surface area contributed by atoms with Gasteiger partial charge in [-0.2, -0.15) is 0 Å². The number of hydrogen-bond donors (Lipinski definition) is 2. The van der Waals surface area contributed by atoms with E-state index < -0.39 is 0 Å². The van der Waals surface area contributed by atoms with Gasteiger partial charge in [-0.1, -0.05) is 36.4 Å². The molecule has 4 rings (SSSR count). The molecule has 0 radical (unpaired) electrons. The number of likely N-dealkylation sites (tertiary alicyclic amines) is 1. The second kappa shape index (κ2) is 9.87. The maximum atomic E-state index is 13.2. The van der Waals surface area contributed by atoms with Gasteiger partial charge in [-0.3, -0.25) is 14.4 Å². The largest absolute Gasteiger partial charge is 0.339 e. The molecule has 1 fully saturated rings. The molecular formula is C25H24N4O3. The van der Waals surface area contributed by atoms with Crippen LogP contribution in [-0.2, 0) is 4.79 Å². The summed E-state index contributed by atoms with van der Waals surface area (Å²) in [4.78, 5) is 44.1. The highest BCUT2D eigenvalue weighted by Gasteiger charge is 2.29. The monoisotopic (exact) mass is 428 g/mol. The second-order valence-electron chi connectivity index (χ2n) is 7.64. The number of benzene rings is 2. The van der Waals surface area contributed by atoms with Gasteiger partial charge in [0.25, 0.3) is 11.8 Å². The van der Waals surface area contributed by atoms with Crippen LogP contribution in [0.2, 0.25) is 0 Å². The Bertz CT molecular complexity index is 1090. The molecule has 162 valence electrons. The number of aromatic nitrogens is 1. The van der Waals surface area contributed by atoms with Crippen molar-refractivity contribution in [3.05, 3.63) is 90.1 Å². The molecule has 0 bridgehead atoms. The molecule has 0 atom stereocenters. The van der Waals surface area contributed by atoms with E-state index in [2.05, 4.69) is 15.6 Å². The Morgan fingerprint density at radius 3 is 2.22 bits per heavy atom. The van der Waals surface area contributed by atoms with E-state index in [4.69, 9.17) is 0 Å². The minimum absolute atomic E-state index is 0.0775. The molecule has 7 nitrogen and oxygen atoms in total. The van der Waals surface area contributed by atoms with Crippen molar-refractivity contribution in [3.8, 4) is 0 Å². The summed E-state index contributed by atoms with van der Waals surface area (Å²) >= 11 is 0. The minimum Gasteiger partial charge on any atom is -0.339 e. The second-order valence-corrected chi connectivity index (χ2v) is 7.64. The molecule has 2 N–H and O–H groups in total. The van der Waals surface area contributed by atoms with Crippen LogP contribution >= 0.6 is 0 Å². The molecule has 0 saturated carbocycles. The Morgan fingerprint density at radius 1 is 0.812 bits per heavy atom. The van der Waals surface area contributed by atoms with Crippen molar-refractivity contribution in [1.82, 2.24) is 9.88 Å². The summed E-state index contributed by atoms with van der Waals surface area (Å²) in [6, 6.07) is 21.2. The Kier molecular flexibility index (Phi) is 6.55. The van der Waals surface area contributed by atoms with Crippen LogP contribution < -0.4 is 10.6 Å². The number of nitrogens with zero attached hydrogens (tertiary/aromatic N) is 2. The van der Waals surface area contributed by atoms with E-state index in [1.807, 2.05) is 12.1 Å². The summed E-state index contributed by atoms with van der Waals surface area (Å²) in [5, 5.41) is 5.68. The van der Waals surface area contributed by atoms with E-state index in [0.29, 0.717) is 48.6 Å². The number of anilines is 2. The van der Waals surface area contributed by atoms with Crippen LogP contribution in [0, 0.1) is 5.92 Å². The molecule has 3 aromatic rings. The lowest BCUT2D eigenvalue weighted by Gasteiger charge is -2.31. The zero-order valence-corrected chi connectivity index (χ0v) is 17.5. The molecular weight excluding hydrogens is 404 g/mol. The summed E-state index contributed by atoms with van der Waals surface area (Å²) in [6.07, 6.45) is 2.77. The number of piperidine rings is 1. The normalized spacial score (nSPS) is 13.9. The van der Waals surface area contributed by atoms with Crippen LogP contribution in [-0.4, -0.2) is 40.7 Å². The van der Waals surface area contributed by atoms with Gasteiger partial charge in [-0.05, 0) is 49.2 Å². The Hall–Kier alpha value is -4.00. The van der Waals surface area contributed by atoms with Crippen molar-refractivity contribution in [2.24, 2.45) is 5.92 Å². The predicted octanol–water partition coefficient (Wildman–Crippen LogP) is 3.82. The number of carbonyl (C=O) groups is 3. The van der Waals surface area contributed by atoms with E-state index in [9.17, 15) is 14.4 Å². The summed E-state index contributed by atoms with van der Waals surface area (Å²) in [5.41, 5.74) is 1.43. The Labute approximate surface area is 186 Å². The molecule has 1 saturated heterocycles. The van der Waals surface area contributed by atoms with Crippen LogP contribution in [0.3, 0.4) is 0 Å². The highest BCUT2D eigenvalue weighted by molar-refractivity contribution is 6.09. The summed E-state index contributed by atoms with van der Waals surface area (Å²) in [7, 11) is 0. The van der Waals surface area contributed by atoms with Gasteiger partial charge in [-0.15, -0.1) is 0 Å². The molecule has 1 aliphatic heterocycles. The first-order valence-electron chi connectivity index (χ1n) is 10.6. The quantitative estimate of drug-likeness (QED) is 0.646. The van der Waals surface area contributed by atoms with Crippen molar-refractivity contribution >= 4 is 29.2 Å². The van der Waals surface area contributed by atoms with Crippen molar-refractivity contribution in [3.63, 3.8) is 0 Å². The number of hydrogen-bond acceptors (Lipinski definition) is 4. The first kappa shape index (κ1) is 21.2. The third kappa shape index (κ3) is 5.00. The van der Waals surface area contributed by atoms with E-state index >= 15 is 0 Å². The molecule has 2 heterocycles. The van der Waals surface area contributed by atoms with E-state index in [-0.39, 0.29) is 23.6 Å². The van der Waals surface area contributed by atoms with E-state index in [1.165, 1.54) is 0 Å². The molecule has 32 heavy (non-hydrogen) atoms. The maximum Gasteiger partial charge on any atom is 0.255 e. The molecule has 1 aromatic heterocycles. The zero-order chi connectivity index (χ0) is 22.3. The lowest BCUT2D eigenvalue weighted by atomic mass is 9.95. The number of pyridine rings is 1. The maximum absolute atomic E-state index is 13.2. The topological polar surface area (TPSA) is 91.4 Å². The molecule has 0 aliphatic carbocycles. The van der Waals surface area contributed by atoms with Gasteiger partial charge in [-0.25, -0.2) is 4.98 Å². The van der Waals surface area contributed by atoms with Crippen molar-refractivity contribution in [2.45, 2.75) is 12.8 Å². The molecule has 0 unspecified atom stereocenters. The molecule has 0 spiro atoms. The van der Waals surface area contributed by atoms with Crippen LogP contribution in [0.1, 0.15) is 33.6 Å². The lowest BCUT2D eigenvalue weighted by Crippen LogP contribution is -2.41. The van der Waals surface area contributed by atoms with E-state index in [0.717, 1.165) is 0 Å². The Morgan fingerprint density at radius 2 is 1.50 bits per heavy atom. The van der Waals surface area contributed by atoms with Crippen molar-refractivity contribution < 1.29 is 14.4 Å². The number of rotatable bonds is 5. The standard InChI is InChI=1S/C25H24N4O3/c30-23(18-8-2-1-3-9-18)27-21-11-5-4-10-20(21)25(32)29-16-13-19(14-17-29)24(31)28-22-12-6-7-15-26-22/h1-12,15,19H,13-14,16-17H2,(H,27,30)(H,26,28,31). The molecule has 1 aliphatic rings. The van der Waals surface area contributed by atoms with Crippen LogP contribution in [0.15, 0.2) is 79.0 Å². The predicted molar refractivity (Wildman–Crippen MR) is 122 cm³/mol. The van der Waals surface area contributed by atoms with Gasteiger partial charge in [0, 0.05) is 30.8 Å². The number of amides is 3. The molecule has 2 aromatic carbocycles. The lowest BCUT2D eigenvalue weighted by molar-refractivity contribution is -0.121. The number of carbonyl (C=O) groups excluding carboxylic acids is 3. The number of para-hydroxylation sites is 1. The smallest absolute Gasteiger partial charge is 0.255 e. The minimum atomic E-state index is -0.268. The Balaban J connectivity index is 1.38. The zero-order valence-electron chi connectivity index (χ0n) is 17.5. The third-order valence-electron chi connectivity index (χ3n) is 5.51. The fraction of sp³-hybridized carbons (Fsp3) is 0.200. The fourth-order valence-electron chi connectivity index (χ4n) is 3.74. The van der Waals surface area contributed by atoms with Crippen molar-refractivity contribution in [1.29, 1.82) is 0 Å². The average molecular weight is 428 g/mol.